The molecule has 0 spiro atoms. The summed E-state index contributed by atoms with van der Waals surface area (Å²) in [6.07, 6.45) is 7.93. The number of Topliss-reactive ketones (excluding diaryl/α,β-unsaturated/α-hetero) is 1. The summed E-state index contributed by atoms with van der Waals surface area (Å²) >= 11 is 0. The average molecular weight is 592 g/mol. The number of rotatable bonds is 13. The second-order valence-corrected chi connectivity index (χ2v) is 11.8. The number of carbonyl (C=O) groups is 3. The summed E-state index contributed by atoms with van der Waals surface area (Å²) in [6, 6.07) is 23.5. The van der Waals surface area contributed by atoms with Crippen LogP contribution in [0.1, 0.15) is 103 Å². The molecule has 44 heavy (non-hydrogen) atoms. The number of ether oxygens (including phenoxy) is 1. The SMILES string of the molecule is CCCC(CCCc1ccc(C(=O)C2Cc3ccc(C(=O)OC)cc3C2)cc1CNC(=O)c1ccco1)c1ccccc1C. The zero-order valence-electron chi connectivity index (χ0n) is 25.9. The van der Waals surface area contributed by atoms with Crippen LogP contribution in [0.25, 0.3) is 0 Å². The smallest absolute Gasteiger partial charge is 0.337 e. The second-order valence-electron chi connectivity index (χ2n) is 11.8. The summed E-state index contributed by atoms with van der Waals surface area (Å²) in [6.45, 7) is 4.73. The van der Waals surface area contributed by atoms with Crippen LogP contribution in [0, 0.1) is 12.8 Å². The van der Waals surface area contributed by atoms with Gasteiger partial charge in [-0.25, -0.2) is 4.79 Å². The molecule has 5 rings (SSSR count). The van der Waals surface area contributed by atoms with Crippen molar-refractivity contribution in [2.45, 2.75) is 71.3 Å². The molecule has 1 aliphatic carbocycles. The van der Waals surface area contributed by atoms with Crippen molar-refractivity contribution in [3.63, 3.8) is 0 Å². The Morgan fingerprint density at radius 3 is 2.45 bits per heavy atom. The fourth-order valence-corrected chi connectivity index (χ4v) is 6.53. The van der Waals surface area contributed by atoms with Gasteiger partial charge in [-0.3, -0.25) is 9.59 Å². The lowest BCUT2D eigenvalue weighted by atomic mass is 9.86. The lowest BCUT2D eigenvalue weighted by Crippen LogP contribution is -2.23. The maximum absolute atomic E-state index is 13.7. The van der Waals surface area contributed by atoms with Gasteiger partial charge < -0.3 is 14.5 Å². The number of amides is 1. The van der Waals surface area contributed by atoms with Gasteiger partial charge in [-0.15, -0.1) is 0 Å². The fraction of sp³-hybridized carbons (Fsp3) is 0.342. The number of carbonyl (C=O) groups excluding carboxylic acids is 3. The van der Waals surface area contributed by atoms with Crippen molar-refractivity contribution in [1.29, 1.82) is 0 Å². The maximum Gasteiger partial charge on any atom is 0.337 e. The van der Waals surface area contributed by atoms with Crippen LogP contribution in [0.3, 0.4) is 0 Å². The van der Waals surface area contributed by atoms with E-state index in [1.165, 1.54) is 24.5 Å². The normalized spacial score (nSPS) is 14.6. The Bertz CT molecular complexity index is 1620. The minimum atomic E-state index is -0.376. The lowest BCUT2D eigenvalue weighted by molar-refractivity contribution is 0.0600. The van der Waals surface area contributed by atoms with E-state index in [1.54, 1.807) is 18.2 Å². The van der Waals surface area contributed by atoms with Gasteiger partial charge in [-0.1, -0.05) is 55.8 Å². The highest BCUT2D eigenvalue weighted by atomic mass is 16.5. The molecular weight excluding hydrogens is 550 g/mol. The molecule has 1 amide bonds. The first-order valence-corrected chi connectivity index (χ1v) is 15.6. The summed E-state index contributed by atoms with van der Waals surface area (Å²) in [4.78, 5) is 38.5. The van der Waals surface area contributed by atoms with Crippen molar-refractivity contribution in [1.82, 2.24) is 5.32 Å². The minimum absolute atomic E-state index is 0.0774. The number of furan rings is 1. The third kappa shape index (κ3) is 7.19. The predicted octanol–water partition coefficient (Wildman–Crippen LogP) is 7.81. The van der Waals surface area contributed by atoms with Gasteiger partial charge in [-0.2, -0.15) is 0 Å². The minimum Gasteiger partial charge on any atom is -0.465 e. The molecule has 2 atom stereocenters. The van der Waals surface area contributed by atoms with E-state index in [4.69, 9.17) is 9.15 Å². The number of hydrogen-bond donors (Lipinski definition) is 1. The predicted molar refractivity (Wildman–Crippen MR) is 171 cm³/mol. The van der Waals surface area contributed by atoms with Gasteiger partial charge in [0.1, 0.15) is 0 Å². The van der Waals surface area contributed by atoms with Gasteiger partial charge in [0.05, 0.1) is 18.9 Å². The Morgan fingerprint density at radius 2 is 1.70 bits per heavy atom. The highest BCUT2D eigenvalue weighted by molar-refractivity contribution is 5.99. The van der Waals surface area contributed by atoms with Crippen molar-refractivity contribution in [3.8, 4) is 0 Å². The van der Waals surface area contributed by atoms with Crippen molar-refractivity contribution in [2.75, 3.05) is 7.11 Å². The summed E-state index contributed by atoms with van der Waals surface area (Å²) in [5.74, 6) is -0.0127. The van der Waals surface area contributed by atoms with E-state index >= 15 is 0 Å². The van der Waals surface area contributed by atoms with E-state index in [-0.39, 0.29) is 29.3 Å². The van der Waals surface area contributed by atoms with Crippen molar-refractivity contribution >= 4 is 17.7 Å². The molecule has 228 valence electrons. The number of fused-ring (bicyclic) bond motifs is 1. The third-order valence-electron chi connectivity index (χ3n) is 8.87. The Balaban J connectivity index is 1.32. The van der Waals surface area contributed by atoms with Crippen LogP contribution in [0.15, 0.2) is 83.5 Å². The van der Waals surface area contributed by atoms with Gasteiger partial charge in [0.2, 0.25) is 0 Å². The molecule has 3 aromatic carbocycles. The molecule has 1 aromatic heterocycles. The second kappa shape index (κ2) is 14.3. The molecule has 0 aliphatic heterocycles. The van der Waals surface area contributed by atoms with Crippen molar-refractivity contribution in [2.24, 2.45) is 5.92 Å². The van der Waals surface area contributed by atoms with E-state index in [1.807, 2.05) is 24.3 Å². The average Bonchev–Trinajstić information content (AvgIpc) is 3.74. The molecule has 0 fully saturated rings. The molecule has 1 N–H and O–H groups in total. The van der Waals surface area contributed by atoms with Crippen LogP contribution in [-0.2, 0) is 30.5 Å². The number of esters is 1. The zero-order valence-corrected chi connectivity index (χ0v) is 25.9. The highest BCUT2D eigenvalue weighted by Crippen LogP contribution is 2.32. The molecule has 6 nitrogen and oxygen atoms in total. The number of methoxy groups -OCH3 is 1. The van der Waals surface area contributed by atoms with Crippen LogP contribution in [0.5, 0.6) is 0 Å². The Hall–Kier alpha value is -4.45. The topological polar surface area (TPSA) is 85.6 Å². The molecule has 0 bridgehead atoms. The fourth-order valence-electron chi connectivity index (χ4n) is 6.53. The van der Waals surface area contributed by atoms with E-state index in [2.05, 4.69) is 49.5 Å². The Kier molecular flexibility index (Phi) is 10.1. The molecule has 4 aromatic rings. The summed E-state index contributed by atoms with van der Waals surface area (Å²) in [5.41, 5.74) is 8.11. The lowest BCUT2D eigenvalue weighted by Gasteiger charge is -2.20. The molecule has 0 saturated heterocycles. The number of ketones is 1. The van der Waals surface area contributed by atoms with E-state index in [0.29, 0.717) is 36.4 Å². The third-order valence-corrected chi connectivity index (χ3v) is 8.87. The van der Waals surface area contributed by atoms with Crippen LogP contribution < -0.4 is 5.32 Å². The molecule has 0 radical (unpaired) electrons. The van der Waals surface area contributed by atoms with E-state index in [0.717, 1.165) is 54.4 Å². The number of aryl methyl sites for hydroxylation is 2. The van der Waals surface area contributed by atoms with Crippen LogP contribution in [0.2, 0.25) is 0 Å². The summed E-state index contributed by atoms with van der Waals surface area (Å²) in [5, 5.41) is 2.98. The standard InChI is InChI=1S/C38H41NO5/c1-4-9-27(34-13-6-5-10-25(34)2)12-7-11-26-15-17-29(21-33(26)24-39-37(41)35-14-8-19-44-35)36(40)32-20-28-16-18-30(38(42)43-3)22-31(28)23-32/h5-6,8,10,13-19,21-22,27,32H,4,7,9,11-12,20,23-24H2,1-3H3,(H,39,41). The van der Waals surface area contributed by atoms with Crippen LogP contribution >= 0.6 is 0 Å². The first kappa shape index (κ1) is 31.0. The van der Waals surface area contributed by atoms with E-state index < -0.39 is 0 Å². The van der Waals surface area contributed by atoms with Crippen LogP contribution in [0.4, 0.5) is 0 Å². The largest absolute Gasteiger partial charge is 0.465 e. The van der Waals surface area contributed by atoms with Gasteiger partial charge in [0, 0.05) is 18.0 Å². The summed E-state index contributed by atoms with van der Waals surface area (Å²) < 4.78 is 10.1. The quantitative estimate of drug-likeness (QED) is 0.127. The number of benzene rings is 3. The summed E-state index contributed by atoms with van der Waals surface area (Å²) in [7, 11) is 1.37. The first-order valence-electron chi connectivity index (χ1n) is 15.6. The number of nitrogens with one attached hydrogen (secondary N) is 1. The van der Waals surface area contributed by atoms with Crippen molar-refractivity contribution < 1.29 is 23.5 Å². The van der Waals surface area contributed by atoms with E-state index in [9.17, 15) is 14.4 Å². The highest BCUT2D eigenvalue weighted by Gasteiger charge is 2.29. The molecule has 1 aliphatic rings. The van der Waals surface area contributed by atoms with Crippen LogP contribution in [-0.4, -0.2) is 24.8 Å². The Labute approximate surface area is 259 Å². The van der Waals surface area contributed by atoms with Crippen molar-refractivity contribution in [3.05, 3.63) is 129 Å². The van der Waals surface area contributed by atoms with Gasteiger partial charge in [-0.05, 0) is 115 Å². The maximum atomic E-state index is 13.7. The molecule has 6 heteroatoms. The molecule has 1 heterocycles. The molecule has 2 unspecified atom stereocenters. The zero-order chi connectivity index (χ0) is 31.1. The van der Waals surface area contributed by atoms with Gasteiger partial charge >= 0.3 is 5.97 Å². The van der Waals surface area contributed by atoms with Gasteiger partial charge in [0.25, 0.3) is 5.91 Å². The first-order chi connectivity index (χ1) is 21.4. The van der Waals surface area contributed by atoms with Gasteiger partial charge in [0.15, 0.2) is 11.5 Å². The molecular formula is C38H41NO5. The molecule has 0 saturated carbocycles. The Morgan fingerprint density at radius 1 is 0.909 bits per heavy atom. The number of hydrogen-bond acceptors (Lipinski definition) is 5. The monoisotopic (exact) mass is 591 g/mol.